The van der Waals surface area contributed by atoms with Gasteiger partial charge in [-0.25, -0.2) is 9.67 Å². The quantitative estimate of drug-likeness (QED) is 0.804. The monoisotopic (exact) mass is 222 g/mol. The summed E-state index contributed by atoms with van der Waals surface area (Å²) in [5, 5.41) is 4.95. The molecule has 2 N–H and O–H groups in total. The van der Waals surface area contributed by atoms with E-state index in [1.807, 2.05) is 26.0 Å². The first-order valence-electron chi connectivity index (χ1n) is 4.54. The molecule has 0 unspecified atom stereocenters. The fraction of sp³-hybridized carbons (Fsp3) is 0.200. The van der Waals surface area contributed by atoms with Crippen molar-refractivity contribution in [3.8, 4) is 5.82 Å². The molecule has 0 saturated heterocycles. The predicted molar refractivity (Wildman–Crippen MR) is 60.3 cm³/mol. The Labute approximate surface area is 92.7 Å². The third-order valence-electron chi connectivity index (χ3n) is 2.18. The number of hydrogen-bond acceptors (Lipinski definition) is 3. The average molecular weight is 223 g/mol. The van der Waals surface area contributed by atoms with E-state index in [9.17, 15) is 0 Å². The van der Waals surface area contributed by atoms with Crippen LogP contribution < -0.4 is 5.73 Å². The van der Waals surface area contributed by atoms with Crippen molar-refractivity contribution < 1.29 is 0 Å². The molecule has 15 heavy (non-hydrogen) atoms. The van der Waals surface area contributed by atoms with Gasteiger partial charge in [0.2, 0.25) is 0 Å². The molecule has 2 rings (SSSR count). The molecule has 2 aromatic rings. The summed E-state index contributed by atoms with van der Waals surface area (Å²) in [5.74, 6) is 1.15. The van der Waals surface area contributed by atoms with Gasteiger partial charge in [-0.05, 0) is 26.0 Å². The van der Waals surface area contributed by atoms with E-state index in [1.54, 1.807) is 10.7 Å². The highest BCUT2D eigenvalue weighted by atomic mass is 35.5. The van der Waals surface area contributed by atoms with Crippen LogP contribution in [0.5, 0.6) is 0 Å². The summed E-state index contributed by atoms with van der Waals surface area (Å²) in [5.41, 5.74) is 7.26. The number of halogens is 1. The molecule has 0 radical (unpaired) electrons. The van der Waals surface area contributed by atoms with Crippen molar-refractivity contribution in [2.45, 2.75) is 13.8 Å². The molecule has 0 aromatic carbocycles. The Morgan fingerprint density at radius 3 is 2.60 bits per heavy atom. The van der Waals surface area contributed by atoms with Crippen LogP contribution in [0.1, 0.15) is 11.4 Å². The zero-order valence-corrected chi connectivity index (χ0v) is 9.28. The molecule has 2 aromatic heterocycles. The molecule has 0 fully saturated rings. The Morgan fingerprint density at radius 2 is 2.07 bits per heavy atom. The van der Waals surface area contributed by atoms with E-state index in [-0.39, 0.29) is 0 Å². The van der Waals surface area contributed by atoms with Gasteiger partial charge in [0, 0.05) is 0 Å². The lowest BCUT2D eigenvalue weighted by Gasteiger charge is -2.03. The molecule has 5 heteroatoms. The van der Waals surface area contributed by atoms with Crippen LogP contribution in [0.4, 0.5) is 5.82 Å². The first kappa shape index (κ1) is 9.98. The van der Waals surface area contributed by atoms with Crippen LogP contribution >= 0.6 is 11.6 Å². The number of anilines is 1. The van der Waals surface area contributed by atoms with Crippen molar-refractivity contribution in [2.75, 3.05) is 5.73 Å². The van der Waals surface area contributed by atoms with Crippen molar-refractivity contribution in [2.24, 2.45) is 0 Å². The lowest BCUT2D eigenvalue weighted by Crippen LogP contribution is -2.03. The summed E-state index contributed by atoms with van der Waals surface area (Å²) in [4.78, 5) is 4.18. The molecular weight excluding hydrogens is 212 g/mol. The number of aromatic nitrogens is 3. The van der Waals surface area contributed by atoms with Gasteiger partial charge >= 0.3 is 0 Å². The lowest BCUT2D eigenvalue weighted by molar-refractivity contribution is 0.808. The maximum atomic E-state index is 6.05. The van der Waals surface area contributed by atoms with Gasteiger partial charge in [-0.1, -0.05) is 17.7 Å². The van der Waals surface area contributed by atoms with Crippen LogP contribution in [-0.2, 0) is 0 Å². The first-order chi connectivity index (χ1) is 7.09. The topological polar surface area (TPSA) is 56.7 Å². The molecule has 2 heterocycles. The third-order valence-corrected chi connectivity index (χ3v) is 2.72. The van der Waals surface area contributed by atoms with Crippen molar-refractivity contribution >= 4 is 17.4 Å². The number of nitrogen functional groups attached to an aromatic ring is 1. The van der Waals surface area contributed by atoms with Crippen molar-refractivity contribution in [3.63, 3.8) is 0 Å². The highest BCUT2D eigenvalue weighted by Gasteiger charge is 2.11. The van der Waals surface area contributed by atoms with Crippen LogP contribution in [0, 0.1) is 13.8 Å². The van der Waals surface area contributed by atoms with E-state index in [2.05, 4.69) is 10.1 Å². The molecule has 4 nitrogen and oxygen atoms in total. The summed E-state index contributed by atoms with van der Waals surface area (Å²) < 4.78 is 1.69. The predicted octanol–water partition coefficient (Wildman–Crippen LogP) is 2.12. The smallest absolute Gasteiger partial charge is 0.156 e. The molecule has 0 aliphatic carbocycles. The van der Waals surface area contributed by atoms with Crippen molar-refractivity contribution in [3.05, 3.63) is 34.6 Å². The van der Waals surface area contributed by atoms with E-state index in [4.69, 9.17) is 17.3 Å². The molecule has 0 bridgehead atoms. The van der Waals surface area contributed by atoms with Gasteiger partial charge in [0.1, 0.15) is 5.82 Å². The summed E-state index contributed by atoms with van der Waals surface area (Å²) in [7, 11) is 0. The Bertz CT molecular complexity index is 504. The van der Waals surface area contributed by atoms with Crippen LogP contribution in [0.25, 0.3) is 5.82 Å². The fourth-order valence-corrected chi connectivity index (χ4v) is 1.52. The Hall–Kier alpha value is -1.55. The first-order valence-corrected chi connectivity index (χ1v) is 4.92. The molecule has 0 aliphatic rings. The maximum absolute atomic E-state index is 6.05. The van der Waals surface area contributed by atoms with E-state index in [1.165, 1.54) is 0 Å². The van der Waals surface area contributed by atoms with E-state index >= 15 is 0 Å². The minimum absolute atomic E-state index is 0.469. The highest BCUT2D eigenvalue weighted by Crippen LogP contribution is 2.21. The molecule has 78 valence electrons. The van der Waals surface area contributed by atoms with Gasteiger partial charge in [0.15, 0.2) is 5.82 Å². The summed E-state index contributed by atoms with van der Waals surface area (Å²) in [6.07, 6.45) is 0. The van der Waals surface area contributed by atoms with Gasteiger partial charge in [0.05, 0.1) is 16.4 Å². The second kappa shape index (κ2) is 3.55. The maximum Gasteiger partial charge on any atom is 0.156 e. The highest BCUT2D eigenvalue weighted by molar-refractivity contribution is 6.31. The minimum atomic E-state index is 0.469. The van der Waals surface area contributed by atoms with E-state index < -0.39 is 0 Å². The van der Waals surface area contributed by atoms with Gasteiger partial charge in [0.25, 0.3) is 0 Å². The van der Waals surface area contributed by atoms with Gasteiger partial charge in [-0.3, -0.25) is 0 Å². The summed E-state index contributed by atoms with van der Waals surface area (Å²) >= 11 is 6.05. The normalized spacial score (nSPS) is 10.6. The molecule has 0 saturated carbocycles. The second-order valence-corrected chi connectivity index (χ2v) is 3.70. The number of rotatable bonds is 1. The SMILES string of the molecule is Cc1nn(-c2cccc(N)n2)c(C)c1Cl. The Kier molecular flexibility index (Phi) is 2.36. The number of hydrogen-bond donors (Lipinski definition) is 1. The number of pyridine rings is 1. The third kappa shape index (κ3) is 1.68. The van der Waals surface area contributed by atoms with E-state index in [0.717, 1.165) is 11.4 Å². The summed E-state index contributed by atoms with van der Waals surface area (Å²) in [6, 6.07) is 5.41. The van der Waals surface area contributed by atoms with Crippen LogP contribution in [0.2, 0.25) is 5.02 Å². The van der Waals surface area contributed by atoms with Crippen molar-refractivity contribution in [1.29, 1.82) is 0 Å². The van der Waals surface area contributed by atoms with Gasteiger partial charge in [-0.15, -0.1) is 0 Å². The number of nitrogens with zero attached hydrogens (tertiary/aromatic N) is 3. The molecule has 0 atom stereocenters. The lowest BCUT2D eigenvalue weighted by atomic mass is 10.4. The minimum Gasteiger partial charge on any atom is -0.384 e. The van der Waals surface area contributed by atoms with Crippen LogP contribution in [0.15, 0.2) is 18.2 Å². The standard InChI is InChI=1S/C10H11ClN4/c1-6-10(11)7(2)15(14-6)9-5-3-4-8(12)13-9/h3-5H,1-2H3,(H2,12,13). The van der Waals surface area contributed by atoms with Crippen molar-refractivity contribution in [1.82, 2.24) is 14.8 Å². The molecule has 0 aliphatic heterocycles. The molecular formula is C10H11ClN4. The van der Waals surface area contributed by atoms with Crippen LogP contribution in [-0.4, -0.2) is 14.8 Å². The van der Waals surface area contributed by atoms with E-state index in [0.29, 0.717) is 16.7 Å². The second-order valence-electron chi connectivity index (χ2n) is 3.32. The Balaban J connectivity index is 2.59. The number of nitrogens with two attached hydrogens (primary N) is 1. The zero-order valence-electron chi connectivity index (χ0n) is 8.53. The van der Waals surface area contributed by atoms with Gasteiger partial charge < -0.3 is 5.73 Å². The summed E-state index contributed by atoms with van der Waals surface area (Å²) in [6.45, 7) is 3.76. The fourth-order valence-electron chi connectivity index (χ4n) is 1.40. The van der Waals surface area contributed by atoms with Gasteiger partial charge in [-0.2, -0.15) is 5.10 Å². The largest absolute Gasteiger partial charge is 0.384 e. The molecule has 0 amide bonds. The Morgan fingerprint density at radius 1 is 1.33 bits per heavy atom. The average Bonchev–Trinajstić information content (AvgIpc) is 2.46. The van der Waals surface area contributed by atoms with Crippen LogP contribution in [0.3, 0.4) is 0 Å². The molecule has 0 spiro atoms. The zero-order chi connectivity index (χ0) is 11.0. The number of aryl methyl sites for hydroxylation is 1.